The number of hydrogen-bond acceptors (Lipinski definition) is 6. The molecule has 8 heteroatoms. The zero-order valence-electron chi connectivity index (χ0n) is 17.7. The van der Waals surface area contributed by atoms with Gasteiger partial charge in [-0.3, -0.25) is 14.5 Å². The number of nitrogens with zero attached hydrogens (tertiary/aromatic N) is 2. The number of likely N-dealkylation sites (tertiary alicyclic amines) is 1. The zero-order chi connectivity index (χ0) is 22.2. The maximum absolute atomic E-state index is 12.9. The Bertz CT molecular complexity index is 1020. The molecule has 1 fully saturated rings. The van der Waals surface area contributed by atoms with Gasteiger partial charge >= 0.3 is 0 Å². The Kier molecular flexibility index (Phi) is 7.92. The van der Waals surface area contributed by atoms with Crippen molar-refractivity contribution >= 4 is 40.6 Å². The van der Waals surface area contributed by atoms with Crippen LogP contribution in [-0.2, 0) is 10.5 Å². The van der Waals surface area contributed by atoms with Gasteiger partial charge in [0, 0.05) is 40.8 Å². The molecule has 0 bridgehead atoms. The van der Waals surface area contributed by atoms with Crippen LogP contribution in [0.25, 0.3) is 0 Å². The Labute approximate surface area is 196 Å². The number of aromatic nitrogens is 1. The molecule has 1 aromatic heterocycles. The van der Waals surface area contributed by atoms with Gasteiger partial charge in [-0.25, -0.2) is 4.98 Å². The molecule has 2 heterocycles. The summed E-state index contributed by atoms with van der Waals surface area (Å²) in [5.74, 6) is 0.702. The number of amides is 2. The van der Waals surface area contributed by atoms with Gasteiger partial charge in [-0.2, -0.15) is 0 Å². The summed E-state index contributed by atoms with van der Waals surface area (Å²) in [4.78, 5) is 32.6. The molecule has 2 amide bonds. The number of benzene rings is 2. The number of para-hydroxylation sites is 1. The van der Waals surface area contributed by atoms with Gasteiger partial charge in [0.15, 0.2) is 0 Å². The van der Waals surface area contributed by atoms with Crippen LogP contribution in [-0.4, -0.2) is 47.4 Å². The average Bonchev–Trinajstić information content (AvgIpc) is 3.33. The molecule has 2 N–H and O–H groups in total. The third kappa shape index (κ3) is 6.41. The lowest BCUT2D eigenvalue weighted by Gasteiger charge is -2.32. The fourth-order valence-electron chi connectivity index (χ4n) is 3.66. The summed E-state index contributed by atoms with van der Waals surface area (Å²) in [5.41, 5.74) is 4.37. The molecule has 4 rings (SSSR count). The molecule has 0 radical (unpaired) electrons. The number of piperidine rings is 1. The van der Waals surface area contributed by atoms with Crippen LogP contribution in [0.2, 0.25) is 0 Å². The van der Waals surface area contributed by atoms with Gasteiger partial charge in [-0.1, -0.05) is 30.3 Å². The SMILES string of the molecule is O=C(CN1CCC(NC(=O)c2ccccc2SCc2cscn2)CC1)Nc1ccccc1. The third-order valence-electron chi connectivity index (χ3n) is 5.34. The summed E-state index contributed by atoms with van der Waals surface area (Å²) in [6.45, 7) is 1.94. The second kappa shape index (κ2) is 11.3. The highest BCUT2D eigenvalue weighted by Gasteiger charge is 2.23. The molecule has 166 valence electrons. The van der Waals surface area contributed by atoms with Crippen LogP contribution in [0.15, 0.2) is 70.4 Å². The van der Waals surface area contributed by atoms with Gasteiger partial charge < -0.3 is 10.6 Å². The number of carbonyl (C=O) groups is 2. The molecule has 0 aliphatic carbocycles. The summed E-state index contributed by atoms with van der Waals surface area (Å²) in [7, 11) is 0. The van der Waals surface area contributed by atoms with Crippen molar-refractivity contribution in [2.24, 2.45) is 0 Å². The summed E-state index contributed by atoms with van der Waals surface area (Å²) in [6.07, 6.45) is 1.66. The van der Waals surface area contributed by atoms with Crippen molar-refractivity contribution < 1.29 is 9.59 Å². The van der Waals surface area contributed by atoms with Crippen molar-refractivity contribution in [2.75, 3.05) is 25.0 Å². The van der Waals surface area contributed by atoms with Crippen molar-refractivity contribution in [1.82, 2.24) is 15.2 Å². The Morgan fingerprint density at radius 2 is 1.81 bits per heavy atom. The van der Waals surface area contributed by atoms with E-state index in [4.69, 9.17) is 0 Å². The summed E-state index contributed by atoms with van der Waals surface area (Å²) in [6, 6.07) is 17.3. The molecular formula is C24H26N4O2S2. The highest BCUT2D eigenvalue weighted by Crippen LogP contribution is 2.26. The lowest BCUT2D eigenvalue weighted by atomic mass is 10.0. The Morgan fingerprint density at radius 1 is 1.06 bits per heavy atom. The number of thiazole rings is 1. The quantitative estimate of drug-likeness (QED) is 0.485. The van der Waals surface area contributed by atoms with E-state index in [0.717, 1.165) is 48.0 Å². The number of thioether (sulfide) groups is 1. The van der Waals surface area contributed by atoms with E-state index in [2.05, 4.69) is 20.5 Å². The van der Waals surface area contributed by atoms with E-state index < -0.39 is 0 Å². The van der Waals surface area contributed by atoms with Crippen LogP contribution in [0, 0.1) is 0 Å². The molecule has 1 aliphatic heterocycles. The number of nitrogens with one attached hydrogen (secondary N) is 2. The minimum absolute atomic E-state index is 0.00949. The fourth-order valence-corrected chi connectivity index (χ4v) is 5.28. The molecule has 1 aliphatic rings. The van der Waals surface area contributed by atoms with Gasteiger partial charge in [-0.15, -0.1) is 23.1 Å². The predicted molar refractivity (Wildman–Crippen MR) is 130 cm³/mol. The smallest absolute Gasteiger partial charge is 0.252 e. The van der Waals surface area contributed by atoms with Crippen LogP contribution in [0.3, 0.4) is 0 Å². The van der Waals surface area contributed by atoms with E-state index in [-0.39, 0.29) is 17.9 Å². The van der Waals surface area contributed by atoms with Gasteiger partial charge in [0.25, 0.3) is 5.91 Å². The Balaban J connectivity index is 1.24. The maximum Gasteiger partial charge on any atom is 0.252 e. The molecule has 0 spiro atoms. The summed E-state index contributed by atoms with van der Waals surface area (Å²) >= 11 is 3.21. The first kappa shape index (κ1) is 22.5. The first-order valence-electron chi connectivity index (χ1n) is 10.6. The molecule has 0 atom stereocenters. The van der Waals surface area contributed by atoms with Crippen LogP contribution in [0.4, 0.5) is 5.69 Å². The van der Waals surface area contributed by atoms with Gasteiger partial charge in [0.1, 0.15) is 0 Å². The molecular weight excluding hydrogens is 440 g/mol. The second-order valence-corrected chi connectivity index (χ2v) is 9.44. The van der Waals surface area contributed by atoms with Crippen LogP contribution < -0.4 is 10.6 Å². The fraction of sp³-hybridized carbons (Fsp3) is 0.292. The Morgan fingerprint density at radius 3 is 2.56 bits per heavy atom. The van der Waals surface area contributed by atoms with E-state index >= 15 is 0 Å². The number of anilines is 1. The van der Waals surface area contributed by atoms with E-state index in [0.29, 0.717) is 12.1 Å². The lowest BCUT2D eigenvalue weighted by Crippen LogP contribution is -2.46. The first-order valence-corrected chi connectivity index (χ1v) is 12.6. The minimum atomic E-state index is -0.0355. The minimum Gasteiger partial charge on any atom is -0.349 e. The molecule has 1 saturated heterocycles. The normalized spacial score (nSPS) is 14.8. The summed E-state index contributed by atoms with van der Waals surface area (Å²) < 4.78 is 0. The van der Waals surface area contributed by atoms with Crippen molar-refractivity contribution in [2.45, 2.75) is 29.5 Å². The molecule has 3 aromatic rings. The third-order valence-corrected chi connectivity index (χ3v) is 7.08. The van der Waals surface area contributed by atoms with Crippen molar-refractivity contribution in [3.05, 3.63) is 76.7 Å². The highest BCUT2D eigenvalue weighted by atomic mass is 32.2. The molecule has 0 unspecified atom stereocenters. The lowest BCUT2D eigenvalue weighted by molar-refractivity contribution is -0.117. The molecule has 2 aromatic carbocycles. The van der Waals surface area contributed by atoms with Gasteiger partial charge in [0.2, 0.25) is 5.91 Å². The van der Waals surface area contributed by atoms with Gasteiger partial charge in [0.05, 0.1) is 23.3 Å². The number of rotatable bonds is 8. The largest absolute Gasteiger partial charge is 0.349 e. The number of hydrogen-bond donors (Lipinski definition) is 2. The van der Waals surface area contributed by atoms with E-state index in [1.54, 1.807) is 23.1 Å². The average molecular weight is 467 g/mol. The first-order chi connectivity index (χ1) is 15.7. The topological polar surface area (TPSA) is 74.3 Å². The second-order valence-electron chi connectivity index (χ2n) is 7.70. The van der Waals surface area contributed by atoms with Gasteiger partial charge in [-0.05, 0) is 37.1 Å². The van der Waals surface area contributed by atoms with Crippen LogP contribution in [0.5, 0.6) is 0 Å². The molecule has 0 saturated carbocycles. The van der Waals surface area contributed by atoms with Crippen LogP contribution >= 0.6 is 23.1 Å². The predicted octanol–water partition coefficient (Wildman–Crippen LogP) is 4.27. The van der Waals surface area contributed by atoms with Crippen molar-refractivity contribution in [1.29, 1.82) is 0 Å². The van der Waals surface area contributed by atoms with E-state index in [1.165, 1.54) is 0 Å². The van der Waals surface area contributed by atoms with E-state index in [9.17, 15) is 9.59 Å². The zero-order valence-corrected chi connectivity index (χ0v) is 19.3. The van der Waals surface area contributed by atoms with E-state index in [1.807, 2.05) is 65.5 Å². The molecule has 6 nitrogen and oxygen atoms in total. The van der Waals surface area contributed by atoms with Crippen molar-refractivity contribution in [3.63, 3.8) is 0 Å². The van der Waals surface area contributed by atoms with Crippen LogP contribution in [0.1, 0.15) is 28.9 Å². The monoisotopic (exact) mass is 466 g/mol. The molecule has 32 heavy (non-hydrogen) atoms. The summed E-state index contributed by atoms with van der Waals surface area (Å²) in [5, 5.41) is 8.15. The van der Waals surface area contributed by atoms with Crippen molar-refractivity contribution in [3.8, 4) is 0 Å². The number of carbonyl (C=O) groups excluding carboxylic acids is 2. The standard InChI is InChI=1S/C24H26N4O2S2/c29-23(26-18-6-2-1-3-7-18)14-28-12-10-19(11-13-28)27-24(30)21-8-4-5-9-22(21)32-16-20-15-31-17-25-20/h1-9,15,17,19H,10-14,16H2,(H,26,29)(H,27,30). The highest BCUT2D eigenvalue weighted by molar-refractivity contribution is 7.98. The Hall–Kier alpha value is -2.68. The maximum atomic E-state index is 12.9.